The van der Waals surface area contributed by atoms with Crippen LogP contribution in [0.2, 0.25) is 0 Å². The van der Waals surface area contributed by atoms with Crippen molar-refractivity contribution >= 4 is 0 Å². The monoisotopic (exact) mass is 235 g/mol. The average Bonchev–Trinajstić information content (AvgIpc) is 2.30. The summed E-state index contributed by atoms with van der Waals surface area (Å²) in [5, 5.41) is 21.8. The molecule has 0 aromatic carbocycles. The van der Waals surface area contributed by atoms with E-state index in [9.17, 15) is 10.2 Å². The predicted octanol–water partition coefficient (Wildman–Crippen LogP) is -0.239. The van der Waals surface area contributed by atoms with Gasteiger partial charge in [-0.15, -0.1) is 0 Å². The summed E-state index contributed by atoms with van der Waals surface area (Å²) in [5.74, 6) is 0. The van der Waals surface area contributed by atoms with Gasteiger partial charge in [-0.3, -0.25) is 0 Å². The highest BCUT2D eigenvalue weighted by molar-refractivity contribution is 4.60. The molecule has 0 aromatic rings. The number of aliphatic hydroxyl groups is 2. The first-order valence-corrected chi connectivity index (χ1v) is 5.84. The second-order valence-corrected chi connectivity index (χ2v) is 3.78. The van der Waals surface area contributed by atoms with Crippen LogP contribution in [-0.2, 0) is 9.47 Å². The Balaban J connectivity index is 3.20. The largest absolute Gasteiger partial charge is 0.393 e. The highest BCUT2D eigenvalue weighted by Crippen LogP contribution is 1.94. The Hall–Kier alpha value is -0.200. The summed E-state index contributed by atoms with van der Waals surface area (Å²) < 4.78 is 9.98. The highest BCUT2D eigenvalue weighted by atomic mass is 16.5. The van der Waals surface area contributed by atoms with Gasteiger partial charge in [0.05, 0.1) is 32.0 Å². The fourth-order valence-electron chi connectivity index (χ4n) is 1.16. The normalized spacial score (nSPS) is 15.0. The number of aliphatic hydroxyl groups excluding tert-OH is 2. The molecule has 0 saturated carbocycles. The molecule has 0 aromatic heterocycles. The zero-order valence-corrected chi connectivity index (χ0v) is 10.3. The number of nitrogens with one attached hydrogen (secondary N) is 1. The van der Waals surface area contributed by atoms with Gasteiger partial charge in [0.25, 0.3) is 0 Å². The van der Waals surface area contributed by atoms with E-state index >= 15 is 0 Å². The molecule has 3 N–H and O–H groups in total. The van der Waals surface area contributed by atoms with Crippen LogP contribution in [-0.4, -0.2) is 62.4 Å². The smallest absolute Gasteiger partial charge is 0.0897 e. The quantitative estimate of drug-likeness (QED) is 0.431. The molecule has 0 aliphatic rings. The van der Waals surface area contributed by atoms with Crippen LogP contribution in [0.15, 0.2) is 0 Å². The minimum absolute atomic E-state index is 0.248. The Morgan fingerprint density at radius 1 is 1.19 bits per heavy atom. The number of hydrogen-bond donors (Lipinski definition) is 3. The van der Waals surface area contributed by atoms with Gasteiger partial charge in [-0.05, 0) is 19.4 Å². The van der Waals surface area contributed by atoms with Crippen molar-refractivity contribution in [2.45, 2.75) is 32.0 Å². The van der Waals surface area contributed by atoms with Crippen LogP contribution in [0.4, 0.5) is 0 Å². The molecule has 0 aliphatic carbocycles. The molecule has 16 heavy (non-hydrogen) atoms. The molecule has 0 heterocycles. The summed E-state index contributed by atoms with van der Waals surface area (Å²) in [7, 11) is 1.61. The van der Waals surface area contributed by atoms with Crippen LogP contribution < -0.4 is 5.32 Å². The van der Waals surface area contributed by atoms with Gasteiger partial charge in [0.1, 0.15) is 0 Å². The maximum absolute atomic E-state index is 9.48. The van der Waals surface area contributed by atoms with Crippen molar-refractivity contribution in [1.82, 2.24) is 5.32 Å². The van der Waals surface area contributed by atoms with Gasteiger partial charge in [-0.2, -0.15) is 0 Å². The molecule has 2 atom stereocenters. The van der Waals surface area contributed by atoms with E-state index in [0.717, 1.165) is 6.42 Å². The summed E-state index contributed by atoms with van der Waals surface area (Å²) >= 11 is 0. The van der Waals surface area contributed by atoms with E-state index in [-0.39, 0.29) is 6.10 Å². The van der Waals surface area contributed by atoms with Crippen LogP contribution >= 0.6 is 0 Å². The van der Waals surface area contributed by atoms with E-state index in [1.165, 1.54) is 0 Å². The first kappa shape index (κ1) is 15.8. The maximum Gasteiger partial charge on any atom is 0.0897 e. The van der Waals surface area contributed by atoms with E-state index in [4.69, 9.17) is 9.47 Å². The van der Waals surface area contributed by atoms with E-state index in [0.29, 0.717) is 39.3 Å². The Kier molecular flexibility index (Phi) is 11.1. The van der Waals surface area contributed by atoms with Crippen molar-refractivity contribution in [2.24, 2.45) is 0 Å². The van der Waals surface area contributed by atoms with Gasteiger partial charge in [0, 0.05) is 13.7 Å². The number of rotatable bonds is 11. The molecule has 0 amide bonds. The van der Waals surface area contributed by atoms with E-state index in [2.05, 4.69) is 5.32 Å². The molecule has 0 spiro atoms. The lowest BCUT2D eigenvalue weighted by Gasteiger charge is -2.13. The predicted molar refractivity (Wildman–Crippen MR) is 62.5 cm³/mol. The summed E-state index contributed by atoms with van der Waals surface area (Å²) in [6, 6.07) is 0. The molecule has 0 rings (SSSR count). The van der Waals surface area contributed by atoms with Crippen molar-refractivity contribution < 1.29 is 19.7 Å². The van der Waals surface area contributed by atoms with Crippen molar-refractivity contribution in [3.05, 3.63) is 0 Å². The first-order valence-electron chi connectivity index (χ1n) is 5.84. The van der Waals surface area contributed by atoms with Crippen molar-refractivity contribution in [3.8, 4) is 0 Å². The van der Waals surface area contributed by atoms with E-state index < -0.39 is 6.10 Å². The molecular weight excluding hydrogens is 210 g/mol. The second-order valence-electron chi connectivity index (χ2n) is 3.78. The Labute approximate surface area is 97.8 Å². The SMILES string of the molecule is CCC(O)CCNCC(O)COCCOC. The Morgan fingerprint density at radius 3 is 2.56 bits per heavy atom. The number of methoxy groups -OCH3 is 1. The van der Waals surface area contributed by atoms with E-state index in [1.54, 1.807) is 7.11 Å². The fourth-order valence-corrected chi connectivity index (χ4v) is 1.16. The third-order valence-electron chi connectivity index (χ3n) is 2.25. The van der Waals surface area contributed by atoms with Crippen molar-refractivity contribution in [2.75, 3.05) is 40.0 Å². The standard InChI is InChI=1S/C11H25NO4/c1-3-10(13)4-5-12-8-11(14)9-16-7-6-15-2/h10-14H,3-9H2,1-2H3. The summed E-state index contributed by atoms with van der Waals surface area (Å²) in [6.07, 6.45) is 0.733. The molecule has 5 heteroatoms. The van der Waals surface area contributed by atoms with Gasteiger partial charge in [-0.25, -0.2) is 0 Å². The van der Waals surface area contributed by atoms with Crippen molar-refractivity contribution in [1.29, 1.82) is 0 Å². The van der Waals surface area contributed by atoms with Crippen LogP contribution in [0.5, 0.6) is 0 Å². The topological polar surface area (TPSA) is 71.0 Å². The van der Waals surface area contributed by atoms with Gasteiger partial charge < -0.3 is 25.0 Å². The molecule has 0 fully saturated rings. The summed E-state index contributed by atoms with van der Waals surface area (Å²) in [4.78, 5) is 0. The molecule has 0 bridgehead atoms. The third kappa shape index (κ3) is 10.3. The third-order valence-corrected chi connectivity index (χ3v) is 2.25. The molecule has 0 radical (unpaired) electrons. The minimum atomic E-state index is -0.504. The van der Waals surface area contributed by atoms with Gasteiger partial charge in [0.2, 0.25) is 0 Å². The van der Waals surface area contributed by atoms with Gasteiger partial charge >= 0.3 is 0 Å². The molecule has 0 saturated heterocycles. The number of hydrogen-bond acceptors (Lipinski definition) is 5. The molecule has 5 nitrogen and oxygen atoms in total. The van der Waals surface area contributed by atoms with Crippen LogP contribution in [0.3, 0.4) is 0 Å². The minimum Gasteiger partial charge on any atom is -0.393 e. The molecule has 0 aliphatic heterocycles. The Bertz CT molecular complexity index is 146. The molecular formula is C11H25NO4. The lowest BCUT2D eigenvalue weighted by Crippen LogP contribution is -2.32. The van der Waals surface area contributed by atoms with Crippen LogP contribution in [0.1, 0.15) is 19.8 Å². The summed E-state index contributed by atoms with van der Waals surface area (Å²) in [6.45, 7) is 4.51. The first-order chi connectivity index (χ1) is 7.70. The van der Waals surface area contributed by atoms with E-state index in [1.807, 2.05) is 6.92 Å². The fraction of sp³-hybridized carbons (Fsp3) is 1.00. The van der Waals surface area contributed by atoms with Crippen LogP contribution in [0.25, 0.3) is 0 Å². The lowest BCUT2D eigenvalue weighted by molar-refractivity contribution is 0.0135. The summed E-state index contributed by atoms with van der Waals surface area (Å²) in [5.41, 5.74) is 0. The molecule has 2 unspecified atom stereocenters. The lowest BCUT2D eigenvalue weighted by atomic mass is 10.2. The zero-order chi connectivity index (χ0) is 12.2. The van der Waals surface area contributed by atoms with Gasteiger partial charge in [-0.1, -0.05) is 6.92 Å². The Morgan fingerprint density at radius 2 is 1.94 bits per heavy atom. The average molecular weight is 235 g/mol. The zero-order valence-electron chi connectivity index (χ0n) is 10.3. The number of ether oxygens (including phenoxy) is 2. The highest BCUT2D eigenvalue weighted by Gasteiger charge is 2.04. The van der Waals surface area contributed by atoms with Crippen LogP contribution in [0, 0.1) is 0 Å². The second kappa shape index (κ2) is 11.3. The van der Waals surface area contributed by atoms with Gasteiger partial charge in [0.15, 0.2) is 0 Å². The maximum atomic E-state index is 9.48. The van der Waals surface area contributed by atoms with Crippen molar-refractivity contribution in [3.63, 3.8) is 0 Å². The molecule has 98 valence electrons.